The molecule has 0 unspecified atom stereocenters. The predicted octanol–water partition coefficient (Wildman–Crippen LogP) is 14.8. The van der Waals surface area contributed by atoms with Gasteiger partial charge in [-0.2, -0.15) is 0 Å². The molecule has 536 valence electrons. The zero-order valence-electron chi connectivity index (χ0n) is 57.7. The number of unbranched alkanes of at least 4 members (excludes halogenated alkanes) is 6. The van der Waals surface area contributed by atoms with Crippen LogP contribution in [0.15, 0.2) is 274 Å². The molecule has 0 aromatic heterocycles. The average Bonchev–Trinajstić information content (AvgIpc) is 0.758. The van der Waals surface area contributed by atoms with Crippen LogP contribution < -0.4 is 9.47 Å². The molecule has 0 spiro atoms. The fraction of sp³-hybridized carbons (Fsp3) is 0.271. The number of carbonyl (C=O) groups is 6. The molecule has 0 aliphatic carbocycles. The first kappa shape index (κ1) is 74.1. The van der Waals surface area contributed by atoms with E-state index in [0.29, 0.717) is 34.6 Å². The summed E-state index contributed by atoms with van der Waals surface area (Å²) in [5, 5.41) is 0. The number of hydrogen-bond acceptors (Lipinski definition) is 19. The van der Waals surface area contributed by atoms with Gasteiger partial charge in [0.15, 0.2) is 43.1 Å². The highest BCUT2D eigenvalue weighted by atomic mass is 16.8. The van der Waals surface area contributed by atoms with Crippen molar-refractivity contribution in [3.8, 4) is 11.5 Å². The van der Waals surface area contributed by atoms with E-state index >= 15 is 19.2 Å². The number of ether oxygens (including phenoxy) is 13. The van der Waals surface area contributed by atoms with E-state index in [-0.39, 0.29) is 40.0 Å². The lowest BCUT2D eigenvalue weighted by Gasteiger charge is -2.49. The molecule has 19 nitrogen and oxygen atoms in total. The maximum Gasteiger partial charge on any atom is 0.338 e. The van der Waals surface area contributed by atoms with Crippen molar-refractivity contribution < 1.29 is 90.3 Å². The number of carbonyl (C=O) groups excluding carboxylic acids is 6. The molecular formula is C85H82O19. The predicted molar refractivity (Wildman–Crippen MR) is 384 cm³/mol. The van der Waals surface area contributed by atoms with Crippen LogP contribution in [0.1, 0.15) is 124 Å². The highest BCUT2D eigenvalue weighted by Gasteiger charge is 2.59. The lowest BCUT2D eigenvalue weighted by molar-refractivity contribution is -0.357. The molecule has 2 heterocycles. The highest BCUT2D eigenvalue weighted by molar-refractivity contribution is 5.92. The van der Waals surface area contributed by atoms with E-state index in [1.165, 1.54) is 48.5 Å². The number of methoxy groups -OCH3 is 2. The Hall–Kier alpha value is -11.1. The Morgan fingerprint density at radius 3 is 1.10 bits per heavy atom. The van der Waals surface area contributed by atoms with E-state index in [1.54, 1.807) is 172 Å². The van der Waals surface area contributed by atoms with Crippen molar-refractivity contribution in [2.45, 2.75) is 112 Å². The zero-order chi connectivity index (χ0) is 72.5. The third kappa shape index (κ3) is 19.0. The second kappa shape index (κ2) is 37.2. The van der Waals surface area contributed by atoms with E-state index in [0.717, 1.165) is 38.5 Å². The van der Waals surface area contributed by atoms with Gasteiger partial charge in [0.1, 0.15) is 42.0 Å². The Morgan fingerprint density at radius 2 is 0.683 bits per heavy atom. The highest BCUT2D eigenvalue weighted by Crippen LogP contribution is 2.44. The van der Waals surface area contributed by atoms with Crippen molar-refractivity contribution in [3.05, 3.63) is 324 Å². The number of esters is 6. The van der Waals surface area contributed by atoms with Crippen molar-refractivity contribution in [1.82, 2.24) is 0 Å². The SMILES string of the molecule is C=CCCCCCCCCO[C@H]1O[C@H](COC(=O)c2ccccc2)[C@@H](O[C@@H]2O[C@H](COC(c3ccccc3)(c3ccc(OC)cc3)c3ccc(OC)cc3)[C@H](OC(=O)c3ccccc3)[C@H](OC(=O)c3ccccc3)[C@H]2OC(=O)c2ccccc2)[C@H](OC(=O)c2ccccc2)[C@@H]1OC(=O)c1ccccc1. The molecule has 10 atom stereocenters. The quantitative estimate of drug-likeness (QED) is 0.0123. The third-order valence-electron chi connectivity index (χ3n) is 17.8. The van der Waals surface area contributed by atoms with Gasteiger partial charge in [0, 0.05) is 6.61 Å². The summed E-state index contributed by atoms with van der Waals surface area (Å²) in [6.07, 6.45) is -9.94. The molecule has 0 radical (unpaired) electrons. The van der Waals surface area contributed by atoms with Crippen molar-refractivity contribution in [2.24, 2.45) is 0 Å². The van der Waals surface area contributed by atoms with Crippen molar-refractivity contribution in [2.75, 3.05) is 34.0 Å². The normalized spacial score (nSPS) is 19.9. The molecule has 9 aromatic rings. The summed E-state index contributed by atoms with van der Waals surface area (Å²) in [7, 11) is 3.10. The number of allylic oxidation sites excluding steroid dienone is 1. The first-order chi connectivity index (χ1) is 50.9. The second-order valence-corrected chi connectivity index (χ2v) is 24.7. The molecule has 104 heavy (non-hydrogen) atoms. The van der Waals surface area contributed by atoms with Gasteiger partial charge in [-0.1, -0.05) is 196 Å². The van der Waals surface area contributed by atoms with Crippen molar-refractivity contribution >= 4 is 35.8 Å². The first-order valence-electron chi connectivity index (χ1n) is 34.6. The summed E-state index contributed by atoms with van der Waals surface area (Å²) in [5.41, 5.74) is 0.662. The van der Waals surface area contributed by atoms with Gasteiger partial charge >= 0.3 is 35.8 Å². The number of benzene rings is 9. The van der Waals surface area contributed by atoms with E-state index in [2.05, 4.69) is 6.58 Å². The number of hydrogen-bond donors (Lipinski definition) is 0. The Labute approximate surface area is 604 Å². The van der Waals surface area contributed by atoms with Crippen LogP contribution in [0, 0.1) is 0 Å². The molecule has 0 saturated carbocycles. The van der Waals surface area contributed by atoms with Gasteiger partial charge in [0.2, 0.25) is 0 Å². The van der Waals surface area contributed by atoms with E-state index in [1.807, 2.05) is 60.7 Å². The van der Waals surface area contributed by atoms with Crippen molar-refractivity contribution in [3.63, 3.8) is 0 Å². The Morgan fingerprint density at radius 1 is 0.356 bits per heavy atom. The zero-order valence-corrected chi connectivity index (χ0v) is 57.7. The van der Waals surface area contributed by atoms with Crippen LogP contribution in [0.4, 0.5) is 0 Å². The Balaban J connectivity index is 1.10. The topological polar surface area (TPSA) is 222 Å². The van der Waals surface area contributed by atoms with Gasteiger partial charge in [-0.3, -0.25) is 0 Å². The summed E-state index contributed by atoms with van der Waals surface area (Å²) in [5.74, 6) is -4.39. The van der Waals surface area contributed by atoms with Gasteiger partial charge < -0.3 is 61.6 Å². The van der Waals surface area contributed by atoms with E-state index < -0.39 is 116 Å². The summed E-state index contributed by atoms with van der Waals surface area (Å²) in [6.45, 7) is 2.66. The lowest BCUT2D eigenvalue weighted by atomic mass is 9.80. The molecule has 2 fully saturated rings. The molecule has 2 aliphatic heterocycles. The molecule has 11 rings (SSSR count). The lowest BCUT2D eigenvalue weighted by Crippen LogP contribution is -2.67. The van der Waals surface area contributed by atoms with Crippen LogP contribution in [-0.2, 0) is 57.7 Å². The summed E-state index contributed by atoms with van der Waals surface area (Å²) < 4.78 is 86.6. The van der Waals surface area contributed by atoms with Gasteiger partial charge in [-0.05, 0) is 133 Å². The van der Waals surface area contributed by atoms with E-state index in [9.17, 15) is 9.59 Å². The average molecular weight is 1410 g/mol. The van der Waals surface area contributed by atoms with Gasteiger partial charge in [0.25, 0.3) is 0 Å². The van der Waals surface area contributed by atoms with Crippen LogP contribution in [0.5, 0.6) is 11.5 Å². The molecule has 2 saturated heterocycles. The Kier molecular flexibility index (Phi) is 26.5. The molecule has 0 N–H and O–H groups in total. The third-order valence-corrected chi connectivity index (χ3v) is 17.8. The summed E-state index contributed by atoms with van der Waals surface area (Å²) in [4.78, 5) is 89.6. The number of rotatable bonds is 33. The molecule has 0 amide bonds. The summed E-state index contributed by atoms with van der Waals surface area (Å²) in [6, 6.07) is 72.1. The fourth-order valence-corrected chi connectivity index (χ4v) is 12.5. The molecule has 2 aliphatic rings. The van der Waals surface area contributed by atoms with Crippen molar-refractivity contribution in [1.29, 1.82) is 0 Å². The van der Waals surface area contributed by atoms with Crippen LogP contribution in [0.25, 0.3) is 0 Å². The minimum Gasteiger partial charge on any atom is -0.497 e. The minimum absolute atomic E-state index is 0.0243. The van der Waals surface area contributed by atoms with Crippen LogP contribution >= 0.6 is 0 Å². The first-order valence-corrected chi connectivity index (χ1v) is 34.6. The van der Waals surface area contributed by atoms with Crippen LogP contribution in [0.3, 0.4) is 0 Å². The monoisotopic (exact) mass is 1410 g/mol. The molecular weight excluding hydrogens is 1320 g/mol. The second-order valence-electron chi connectivity index (χ2n) is 24.7. The van der Waals surface area contributed by atoms with Gasteiger partial charge in [-0.15, -0.1) is 6.58 Å². The maximum absolute atomic E-state index is 15.2. The summed E-state index contributed by atoms with van der Waals surface area (Å²) >= 11 is 0. The smallest absolute Gasteiger partial charge is 0.338 e. The molecule has 9 aromatic carbocycles. The fourth-order valence-electron chi connectivity index (χ4n) is 12.5. The maximum atomic E-state index is 15.2. The Bertz CT molecular complexity index is 4140. The molecule has 0 bridgehead atoms. The standard InChI is InChI=1S/C85H82O19/c1-4-5-6-7-8-9-10-32-55-94-83-75(102-81(90)62-41-26-15-27-42-62)74(101-80(89)61-39-24-14-25-40-61)72(69(97-83)56-95-77(86)58-33-18-11-19-34-58)104-84-76(103-82(91)63-43-28-16-29-44-63)73(100-79(88)60-37-22-13-23-38-60)71(99-78(87)59-35-20-12-21-36-59)70(98-84)57-96-85(64-45-30-17-31-46-64,65-47-51-67(92-2)52-48-65)66-49-53-68(93-3)54-50-66/h4,11-31,33-54,69-76,83-84H,1,5-10,32,55-57H2,2-3H3/t69-,70-,71+,72-,73+,74+,75+,76-,83+,84+/m1/s1. The van der Waals surface area contributed by atoms with Gasteiger partial charge in [0.05, 0.1) is 54.2 Å². The van der Waals surface area contributed by atoms with E-state index in [4.69, 9.17) is 61.6 Å². The minimum atomic E-state index is -2.06. The van der Waals surface area contributed by atoms with Crippen LogP contribution in [0.2, 0.25) is 0 Å². The van der Waals surface area contributed by atoms with Gasteiger partial charge in [-0.25, -0.2) is 28.8 Å². The molecule has 19 heteroatoms. The van der Waals surface area contributed by atoms with Crippen LogP contribution in [-0.4, -0.2) is 131 Å². The largest absolute Gasteiger partial charge is 0.497 e.